The molecule has 0 bridgehead atoms. The van der Waals surface area contributed by atoms with Crippen LogP contribution in [0.1, 0.15) is 19.4 Å². The van der Waals surface area contributed by atoms with Gasteiger partial charge in [0.05, 0.1) is 11.3 Å². The van der Waals surface area contributed by atoms with E-state index in [1.165, 1.54) is 0 Å². The number of hydrogen-bond donors (Lipinski definition) is 0. The average molecular weight is 352 g/mol. The Labute approximate surface area is 143 Å². The van der Waals surface area contributed by atoms with Crippen molar-refractivity contribution in [3.63, 3.8) is 0 Å². The maximum Gasteiger partial charge on any atom is 0.834 e. The zero-order valence-electron chi connectivity index (χ0n) is 13.8. The van der Waals surface area contributed by atoms with Crippen molar-refractivity contribution < 1.29 is 26.6 Å². The lowest BCUT2D eigenvalue weighted by molar-refractivity contribution is -0.343. The Kier molecular flexibility index (Phi) is 4.45. The standard InChI is InChI=1S/C17H17BF4N2O/c1-3-23(4-2)15-6-5-12-11-24(18(21,22)25-17(12)10-15)16-8-13(19)7-14(20)9-16/h5-11H,3-4H2,1-2H3. The SMILES string of the molecule is CCN(CC)c1ccc2c(c1)O[B-](F)(F)[N+](c1cc(F)cc(F)c1)=C2. The average Bonchev–Trinajstić information content (AvgIpc) is 2.53. The zero-order chi connectivity index (χ0) is 18.2. The van der Waals surface area contributed by atoms with Gasteiger partial charge in [-0.15, -0.1) is 0 Å². The van der Waals surface area contributed by atoms with E-state index in [9.17, 15) is 17.4 Å². The molecular formula is C17H17BF4N2O. The van der Waals surface area contributed by atoms with Gasteiger partial charge >= 0.3 is 7.04 Å². The molecule has 1 aliphatic heterocycles. The van der Waals surface area contributed by atoms with Crippen LogP contribution in [0.5, 0.6) is 5.75 Å². The molecule has 0 spiro atoms. The predicted octanol–water partition coefficient (Wildman–Crippen LogP) is 4.34. The number of rotatable bonds is 4. The highest BCUT2D eigenvalue weighted by Crippen LogP contribution is 2.34. The van der Waals surface area contributed by atoms with Gasteiger partial charge in [0.1, 0.15) is 17.8 Å². The second-order valence-corrected chi connectivity index (χ2v) is 5.74. The molecule has 132 valence electrons. The highest BCUT2D eigenvalue weighted by Gasteiger charge is 2.50. The first kappa shape index (κ1) is 17.3. The van der Waals surface area contributed by atoms with E-state index in [0.717, 1.165) is 37.1 Å². The van der Waals surface area contributed by atoms with Crippen LogP contribution >= 0.6 is 0 Å². The van der Waals surface area contributed by atoms with Gasteiger partial charge in [-0.2, -0.15) is 0 Å². The molecule has 25 heavy (non-hydrogen) atoms. The van der Waals surface area contributed by atoms with E-state index in [2.05, 4.69) is 0 Å². The van der Waals surface area contributed by atoms with E-state index in [1.807, 2.05) is 18.7 Å². The van der Waals surface area contributed by atoms with Gasteiger partial charge in [0.25, 0.3) is 0 Å². The van der Waals surface area contributed by atoms with E-state index in [4.69, 9.17) is 4.65 Å². The first-order valence-electron chi connectivity index (χ1n) is 8.02. The molecule has 2 aromatic rings. The number of fused-ring (bicyclic) bond motifs is 1. The lowest BCUT2D eigenvalue weighted by atomic mass is 9.98. The van der Waals surface area contributed by atoms with E-state index < -0.39 is 18.7 Å². The van der Waals surface area contributed by atoms with Gasteiger partial charge in [-0.05, 0) is 26.0 Å². The first-order valence-corrected chi connectivity index (χ1v) is 8.02. The smallest absolute Gasteiger partial charge is 0.599 e. The Balaban J connectivity index is 2.08. The second-order valence-electron chi connectivity index (χ2n) is 5.74. The molecule has 3 nitrogen and oxygen atoms in total. The van der Waals surface area contributed by atoms with Gasteiger partial charge in [-0.3, -0.25) is 0 Å². The minimum atomic E-state index is -4.51. The topological polar surface area (TPSA) is 15.5 Å². The Morgan fingerprint density at radius 3 is 2.24 bits per heavy atom. The van der Waals surface area contributed by atoms with Gasteiger partial charge in [-0.25, -0.2) is 8.78 Å². The molecule has 2 aromatic carbocycles. The van der Waals surface area contributed by atoms with Gasteiger partial charge in [0.15, 0.2) is 5.69 Å². The maximum atomic E-state index is 14.5. The highest BCUT2D eigenvalue weighted by atomic mass is 19.3. The van der Waals surface area contributed by atoms with E-state index in [0.29, 0.717) is 16.1 Å². The normalized spacial score (nSPS) is 15.2. The highest BCUT2D eigenvalue weighted by molar-refractivity contribution is 6.53. The fourth-order valence-corrected chi connectivity index (χ4v) is 2.90. The molecule has 0 fully saturated rings. The Morgan fingerprint density at radius 2 is 1.64 bits per heavy atom. The van der Waals surface area contributed by atoms with Crippen LogP contribution in [0.15, 0.2) is 36.4 Å². The summed E-state index contributed by atoms with van der Waals surface area (Å²) in [4.78, 5) is 2.00. The van der Waals surface area contributed by atoms with Gasteiger partial charge < -0.3 is 22.7 Å². The van der Waals surface area contributed by atoms with Crippen LogP contribution in [-0.2, 0) is 0 Å². The van der Waals surface area contributed by atoms with Crippen LogP contribution in [-0.4, -0.2) is 30.8 Å². The first-order chi connectivity index (χ1) is 11.8. The molecule has 0 unspecified atom stereocenters. The monoisotopic (exact) mass is 352 g/mol. The van der Waals surface area contributed by atoms with Crippen LogP contribution in [0.2, 0.25) is 0 Å². The molecule has 0 amide bonds. The third-order valence-corrected chi connectivity index (χ3v) is 4.14. The number of anilines is 1. The zero-order valence-corrected chi connectivity index (χ0v) is 13.8. The van der Waals surface area contributed by atoms with Crippen LogP contribution < -0.4 is 9.55 Å². The summed E-state index contributed by atoms with van der Waals surface area (Å²) in [6, 6.07) is 7.31. The summed E-state index contributed by atoms with van der Waals surface area (Å²) in [7, 11) is -4.51. The molecule has 0 aliphatic carbocycles. The maximum absolute atomic E-state index is 14.5. The van der Waals surface area contributed by atoms with E-state index in [-0.39, 0.29) is 11.4 Å². The number of benzene rings is 2. The lowest BCUT2D eigenvalue weighted by Gasteiger charge is -2.30. The van der Waals surface area contributed by atoms with Crippen molar-refractivity contribution in [1.29, 1.82) is 0 Å². The Morgan fingerprint density at radius 1 is 1.00 bits per heavy atom. The fourth-order valence-electron chi connectivity index (χ4n) is 2.90. The molecule has 0 saturated carbocycles. The second kappa shape index (κ2) is 6.42. The third-order valence-electron chi connectivity index (χ3n) is 4.14. The van der Waals surface area contributed by atoms with Crippen molar-refractivity contribution in [2.75, 3.05) is 18.0 Å². The third kappa shape index (κ3) is 3.33. The molecule has 8 heteroatoms. The van der Waals surface area contributed by atoms with Gasteiger partial charge in [0, 0.05) is 43.0 Å². The number of halogens is 4. The lowest BCUT2D eigenvalue weighted by Crippen LogP contribution is -2.46. The Hall–Kier alpha value is -2.51. The molecule has 0 saturated heterocycles. The summed E-state index contributed by atoms with van der Waals surface area (Å²) in [6.07, 6.45) is 1.15. The van der Waals surface area contributed by atoms with Crippen molar-refractivity contribution in [3.8, 4) is 5.75 Å². The molecular weight excluding hydrogens is 335 g/mol. The van der Waals surface area contributed by atoms with E-state index >= 15 is 0 Å². The molecule has 1 aliphatic rings. The van der Waals surface area contributed by atoms with Crippen LogP contribution in [0.25, 0.3) is 0 Å². The molecule has 0 atom stereocenters. The summed E-state index contributed by atoms with van der Waals surface area (Å²) in [6.45, 7) is 5.40. The largest absolute Gasteiger partial charge is 0.834 e. The van der Waals surface area contributed by atoms with Crippen molar-refractivity contribution in [2.24, 2.45) is 0 Å². The summed E-state index contributed by atoms with van der Waals surface area (Å²) in [5.41, 5.74) is 0.878. The number of nitrogens with zero attached hydrogens (tertiary/aromatic N) is 2. The summed E-state index contributed by atoms with van der Waals surface area (Å²) in [5, 5.41) is 0. The van der Waals surface area contributed by atoms with Crippen LogP contribution in [0, 0.1) is 11.6 Å². The number of hydrogen-bond acceptors (Lipinski definition) is 2. The van der Waals surface area contributed by atoms with Gasteiger partial charge in [0.2, 0.25) is 0 Å². The minimum Gasteiger partial charge on any atom is -0.599 e. The van der Waals surface area contributed by atoms with Crippen LogP contribution in [0.3, 0.4) is 0 Å². The van der Waals surface area contributed by atoms with E-state index in [1.54, 1.807) is 18.2 Å². The van der Waals surface area contributed by atoms with Gasteiger partial charge in [-0.1, -0.05) is 0 Å². The van der Waals surface area contributed by atoms with Crippen LogP contribution in [0.4, 0.5) is 28.8 Å². The summed E-state index contributed by atoms with van der Waals surface area (Å²) < 4.78 is 61.1. The van der Waals surface area contributed by atoms with Crippen molar-refractivity contribution >= 4 is 24.6 Å². The van der Waals surface area contributed by atoms with Crippen molar-refractivity contribution in [3.05, 3.63) is 53.6 Å². The Bertz CT molecular complexity index is 817. The fraction of sp³-hybridized carbons (Fsp3) is 0.235. The molecule has 0 N–H and O–H groups in total. The molecule has 0 aromatic heterocycles. The summed E-state index contributed by atoms with van der Waals surface area (Å²) >= 11 is 0. The van der Waals surface area contributed by atoms with Crippen molar-refractivity contribution in [2.45, 2.75) is 13.8 Å². The minimum absolute atomic E-state index is 0.0440. The summed E-state index contributed by atoms with van der Waals surface area (Å²) in [5.74, 6) is -1.82. The predicted molar refractivity (Wildman–Crippen MR) is 90.0 cm³/mol. The molecule has 3 rings (SSSR count). The molecule has 0 radical (unpaired) electrons. The van der Waals surface area contributed by atoms with Crippen molar-refractivity contribution in [1.82, 2.24) is 0 Å². The molecule has 1 heterocycles. The quantitative estimate of drug-likeness (QED) is 0.601.